The standard InChI is InChI=1S/C16H26BrNO2/c1-13(8-9-18-2)4-5-14-6-7-16(15(17)12-14)20-11-10-19-3/h6-7,12-13,18H,4-5,8-11H2,1-3H3. The number of hydrogen-bond acceptors (Lipinski definition) is 3. The highest BCUT2D eigenvalue weighted by atomic mass is 79.9. The average Bonchev–Trinajstić information content (AvgIpc) is 2.45. The molecule has 0 saturated heterocycles. The number of hydrogen-bond donors (Lipinski definition) is 1. The van der Waals surface area contributed by atoms with E-state index >= 15 is 0 Å². The van der Waals surface area contributed by atoms with Crippen molar-refractivity contribution in [2.24, 2.45) is 5.92 Å². The van der Waals surface area contributed by atoms with Gasteiger partial charge >= 0.3 is 0 Å². The lowest BCUT2D eigenvalue weighted by molar-refractivity contribution is 0.146. The number of ether oxygens (including phenoxy) is 2. The minimum Gasteiger partial charge on any atom is -0.490 e. The van der Waals surface area contributed by atoms with E-state index in [-0.39, 0.29) is 0 Å². The molecule has 0 saturated carbocycles. The summed E-state index contributed by atoms with van der Waals surface area (Å²) in [6.07, 6.45) is 3.57. The highest BCUT2D eigenvalue weighted by molar-refractivity contribution is 9.10. The molecule has 1 rings (SSSR count). The molecule has 0 aliphatic rings. The zero-order chi connectivity index (χ0) is 14.8. The van der Waals surface area contributed by atoms with Gasteiger partial charge in [-0.05, 0) is 72.4 Å². The van der Waals surface area contributed by atoms with E-state index in [2.05, 4.69) is 40.3 Å². The van der Waals surface area contributed by atoms with Crippen LogP contribution in [0.4, 0.5) is 0 Å². The number of rotatable bonds is 10. The third-order valence-electron chi connectivity index (χ3n) is 3.35. The molecule has 0 aliphatic heterocycles. The van der Waals surface area contributed by atoms with Crippen molar-refractivity contribution in [3.63, 3.8) is 0 Å². The predicted molar refractivity (Wildman–Crippen MR) is 87.5 cm³/mol. The van der Waals surface area contributed by atoms with Crippen molar-refractivity contribution in [3.8, 4) is 5.75 Å². The van der Waals surface area contributed by atoms with Crippen LogP contribution in [0.1, 0.15) is 25.3 Å². The fourth-order valence-corrected chi connectivity index (χ4v) is 2.54. The summed E-state index contributed by atoms with van der Waals surface area (Å²) < 4.78 is 11.6. The normalized spacial score (nSPS) is 12.4. The molecule has 1 unspecified atom stereocenters. The Bertz CT molecular complexity index is 385. The third kappa shape index (κ3) is 6.73. The molecular weight excluding hydrogens is 318 g/mol. The first kappa shape index (κ1) is 17.5. The van der Waals surface area contributed by atoms with Crippen LogP contribution in [0.2, 0.25) is 0 Å². The van der Waals surface area contributed by atoms with Gasteiger partial charge in [0.15, 0.2) is 0 Å². The molecule has 0 aromatic heterocycles. The van der Waals surface area contributed by atoms with E-state index in [0.29, 0.717) is 13.2 Å². The minimum atomic E-state index is 0.579. The van der Waals surface area contributed by atoms with E-state index in [4.69, 9.17) is 9.47 Å². The van der Waals surface area contributed by atoms with E-state index in [0.717, 1.165) is 29.1 Å². The van der Waals surface area contributed by atoms with Crippen LogP contribution in [-0.2, 0) is 11.2 Å². The quantitative estimate of drug-likeness (QED) is 0.657. The first-order valence-corrected chi connectivity index (χ1v) is 8.01. The third-order valence-corrected chi connectivity index (χ3v) is 3.97. The topological polar surface area (TPSA) is 30.5 Å². The Labute approximate surface area is 131 Å². The van der Waals surface area contributed by atoms with Gasteiger partial charge in [0, 0.05) is 7.11 Å². The second-order valence-corrected chi connectivity index (χ2v) is 6.00. The summed E-state index contributed by atoms with van der Waals surface area (Å²) in [5.41, 5.74) is 1.35. The second-order valence-electron chi connectivity index (χ2n) is 5.14. The van der Waals surface area contributed by atoms with Crippen molar-refractivity contribution in [3.05, 3.63) is 28.2 Å². The molecule has 20 heavy (non-hydrogen) atoms. The number of methoxy groups -OCH3 is 1. The lowest BCUT2D eigenvalue weighted by Crippen LogP contribution is -2.11. The van der Waals surface area contributed by atoms with Crippen LogP contribution in [0.5, 0.6) is 5.75 Å². The van der Waals surface area contributed by atoms with E-state index in [1.165, 1.54) is 18.4 Å². The van der Waals surface area contributed by atoms with Gasteiger partial charge in [0.2, 0.25) is 0 Å². The fraction of sp³-hybridized carbons (Fsp3) is 0.625. The summed E-state index contributed by atoms with van der Waals surface area (Å²) in [5.74, 6) is 1.63. The van der Waals surface area contributed by atoms with Crippen molar-refractivity contribution in [1.29, 1.82) is 0 Å². The minimum absolute atomic E-state index is 0.579. The molecule has 0 aliphatic carbocycles. The summed E-state index contributed by atoms with van der Waals surface area (Å²) in [6, 6.07) is 6.35. The molecule has 1 N–H and O–H groups in total. The first-order chi connectivity index (χ1) is 9.67. The fourth-order valence-electron chi connectivity index (χ4n) is 2.00. The van der Waals surface area contributed by atoms with Crippen molar-refractivity contribution in [2.75, 3.05) is 33.9 Å². The number of halogens is 1. The molecule has 0 heterocycles. The smallest absolute Gasteiger partial charge is 0.133 e. The van der Waals surface area contributed by atoms with E-state index in [1.54, 1.807) is 7.11 Å². The van der Waals surface area contributed by atoms with Crippen molar-refractivity contribution < 1.29 is 9.47 Å². The monoisotopic (exact) mass is 343 g/mol. The second kappa shape index (κ2) is 10.2. The molecule has 1 aromatic rings. The maximum absolute atomic E-state index is 5.63. The van der Waals surface area contributed by atoms with Crippen LogP contribution in [0.25, 0.3) is 0 Å². The average molecular weight is 344 g/mol. The van der Waals surface area contributed by atoms with Crippen LogP contribution in [-0.4, -0.2) is 33.9 Å². The lowest BCUT2D eigenvalue weighted by atomic mass is 9.98. The predicted octanol–water partition coefficient (Wildman–Crippen LogP) is 3.65. The summed E-state index contributed by atoms with van der Waals surface area (Å²) in [7, 11) is 3.68. The molecule has 3 nitrogen and oxygen atoms in total. The Balaban J connectivity index is 2.42. The van der Waals surface area contributed by atoms with Crippen molar-refractivity contribution in [1.82, 2.24) is 5.32 Å². The van der Waals surface area contributed by atoms with Gasteiger partial charge in [-0.1, -0.05) is 13.0 Å². The van der Waals surface area contributed by atoms with E-state index < -0.39 is 0 Å². The number of nitrogens with one attached hydrogen (secondary N) is 1. The zero-order valence-corrected chi connectivity index (χ0v) is 14.3. The molecular formula is C16H26BrNO2. The molecule has 1 atom stereocenters. The largest absolute Gasteiger partial charge is 0.490 e. The molecule has 4 heteroatoms. The molecule has 0 amide bonds. The van der Waals surface area contributed by atoms with Gasteiger partial charge in [-0.15, -0.1) is 0 Å². The SMILES string of the molecule is CNCCC(C)CCc1ccc(OCCOC)c(Br)c1. The summed E-state index contributed by atoms with van der Waals surface area (Å²) in [6.45, 7) is 4.60. The Morgan fingerprint density at radius 1 is 1.25 bits per heavy atom. The van der Waals surface area contributed by atoms with Crippen LogP contribution >= 0.6 is 15.9 Å². The molecule has 0 radical (unpaired) electrons. The highest BCUT2D eigenvalue weighted by Crippen LogP contribution is 2.27. The van der Waals surface area contributed by atoms with Crippen LogP contribution < -0.4 is 10.1 Å². The van der Waals surface area contributed by atoms with Gasteiger partial charge in [-0.3, -0.25) is 0 Å². The Hall–Kier alpha value is -0.580. The van der Waals surface area contributed by atoms with Gasteiger partial charge in [0.05, 0.1) is 11.1 Å². The Kier molecular flexibility index (Phi) is 8.90. The van der Waals surface area contributed by atoms with Crippen molar-refractivity contribution in [2.45, 2.75) is 26.2 Å². The van der Waals surface area contributed by atoms with Crippen LogP contribution in [0, 0.1) is 5.92 Å². The summed E-state index contributed by atoms with van der Waals surface area (Å²) in [4.78, 5) is 0. The van der Waals surface area contributed by atoms with Crippen LogP contribution in [0.15, 0.2) is 22.7 Å². The first-order valence-electron chi connectivity index (χ1n) is 7.22. The maximum atomic E-state index is 5.63. The van der Waals surface area contributed by atoms with Gasteiger partial charge in [-0.2, -0.15) is 0 Å². The Morgan fingerprint density at radius 2 is 2.05 bits per heavy atom. The number of aryl methyl sites for hydroxylation is 1. The molecule has 1 aromatic carbocycles. The van der Waals surface area contributed by atoms with Gasteiger partial charge in [-0.25, -0.2) is 0 Å². The maximum Gasteiger partial charge on any atom is 0.133 e. The molecule has 0 spiro atoms. The Morgan fingerprint density at radius 3 is 2.70 bits per heavy atom. The van der Waals surface area contributed by atoms with E-state index in [9.17, 15) is 0 Å². The van der Waals surface area contributed by atoms with Gasteiger partial charge < -0.3 is 14.8 Å². The summed E-state index contributed by atoms with van der Waals surface area (Å²) in [5, 5.41) is 3.20. The van der Waals surface area contributed by atoms with E-state index in [1.807, 2.05) is 13.1 Å². The molecule has 0 fully saturated rings. The van der Waals surface area contributed by atoms with Crippen molar-refractivity contribution >= 4 is 15.9 Å². The van der Waals surface area contributed by atoms with Gasteiger partial charge in [0.25, 0.3) is 0 Å². The summed E-state index contributed by atoms with van der Waals surface area (Å²) >= 11 is 3.57. The molecule has 0 bridgehead atoms. The van der Waals surface area contributed by atoms with Gasteiger partial charge in [0.1, 0.15) is 12.4 Å². The zero-order valence-electron chi connectivity index (χ0n) is 12.7. The number of benzene rings is 1. The molecule has 114 valence electrons. The highest BCUT2D eigenvalue weighted by Gasteiger charge is 2.05. The lowest BCUT2D eigenvalue weighted by Gasteiger charge is -2.12. The van der Waals surface area contributed by atoms with Crippen LogP contribution in [0.3, 0.4) is 0 Å².